The standard InChI is InChI=1S/C30H38N2O3S/c1-7-22-11-9-12-23(8-2)28(22)30-31-21(6)25(29(32-30)27-13-10-16-36(27,33)34)18-35-26-17-24(19(3)4)15-14-20(26)5/h9,11-12,14-15,17,19,27H,7-8,10,13,16,18H2,1-6H3. The number of benzene rings is 2. The van der Waals surface area contributed by atoms with E-state index in [4.69, 9.17) is 14.7 Å². The summed E-state index contributed by atoms with van der Waals surface area (Å²) in [5, 5.41) is -0.612. The lowest BCUT2D eigenvalue weighted by atomic mass is 9.96. The van der Waals surface area contributed by atoms with Crippen LogP contribution in [0.15, 0.2) is 36.4 Å². The molecule has 36 heavy (non-hydrogen) atoms. The topological polar surface area (TPSA) is 69.2 Å². The average molecular weight is 507 g/mol. The number of aromatic nitrogens is 2. The Morgan fingerprint density at radius 2 is 1.72 bits per heavy atom. The summed E-state index contributed by atoms with van der Waals surface area (Å²) in [5.74, 6) is 2.04. The fourth-order valence-corrected chi connectivity index (χ4v) is 7.00. The van der Waals surface area contributed by atoms with Crippen LogP contribution in [-0.2, 0) is 29.3 Å². The second-order valence-corrected chi connectivity index (χ2v) is 12.4. The number of nitrogens with zero attached hydrogens (tertiary/aromatic N) is 2. The van der Waals surface area contributed by atoms with Crippen LogP contribution >= 0.6 is 0 Å². The summed E-state index contributed by atoms with van der Waals surface area (Å²) in [6.45, 7) is 12.8. The number of sulfone groups is 1. The summed E-state index contributed by atoms with van der Waals surface area (Å²) in [4.78, 5) is 9.94. The summed E-state index contributed by atoms with van der Waals surface area (Å²) in [6.07, 6.45) is 2.97. The van der Waals surface area contributed by atoms with Crippen molar-refractivity contribution in [2.45, 2.75) is 85.0 Å². The van der Waals surface area contributed by atoms with Crippen molar-refractivity contribution < 1.29 is 13.2 Å². The highest BCUT2D eigenvalue weighted by Crippen LogP contribution is 2.38. The molecule has 0 aliphatic carbocycles. The predicted molar refractivity (Wildman–Crippen MR) is 146 cm³/mol. The molecule has 1 aliphatic heterocycles. The molecule has 1 aliphatic rings. The highest BCUT2D eigenvalue weighted by molar-refractivity contribution is 7.91. The normalized spacial score (nSPS) is 17.0. The van der Waals surface area contributed by atoms with Crippen LogP contribution in [0, 0.1) is 13.8 Å². The van der Waals surface area contributed by atoms with Crippen molar-refractivity contribution in [1.29, 1.82) is 0 Å². The molecule has 6 heteroatoms. The van der Waals surface area contributed by atoms with Gasteiger partial charge in [0.1, 0.15) is 17.6 Å². The summed E-state index contributed by atoms with van der Waals surface area (Å²) >= 11 is 0. The van der Waals surface area contributed by atoms with E-state index in [2.05, 4.69) is 64.1 Å². The Hall–Kier alpha value is -2.73. The second-order valence-electron chi connectivity index (χ2n) is 10.1. The second kappa shape index (κ2) is 10.7. The Balaban J connectivity index is 1.83. The number of hydrogen-bond acceptors (Lipinski definition) is 5. The first-order valence-corrected chi connectivity index (χ1v) is 14.8. The summed E-state index contributed by atoms with van der Waals surface area (Å²) in [6, 6.07) is 12.6. The lowest BCUT2D eigenvalue weighted by Crippen LogP contribution is -2.17. The largest absolute Gasteiger partial charge is 0.488 e. The first kappa shape index (κ1) is 26.3. The van der Waals surface area contributed by atoms with Crippen LogP contribution in [-0.4, -0.2) is 24.1 Å². The van der Waals surface area contributed by atoms with Crippen molar-refractivity contribution in [1.82, 2.24) is 9.97 Å². The van der Waals surface area contributed by atoms with Gasteiger partial charge < -0.3 is 4.74 Å². The van der Waals surface area contributed by atoms with E-state index in [1.807, 2.05) is 13.8 Å². The van der Waals surface area contributed by atoms with E-state index >= 15 is 0 Å². The summed E-state index contributed by atoms with van der Waals surface area (Å²) in [5.41, 5.74) is 7.84. The number of rotatable bonds is 8. The van der Waals surface area contributed by atoms with Gasteiger partial charge in [0, 0.05) is 16.8 Å². The molecular weight excluding hydrogens is 468 g/mol. The molecule has 0 spiro atoms. The van der Waals surface area contributed by atoms with Gasteiger partial charge in [0.15, 0.2) is 15.7 Å². The van der Waals surface area contributed by atoms with Gasteiger partial charge in [0.2, 0.25) is 0 Å². The minimum Gasteiger partial charge on any atom is -0.488 e. The maximum Gasteiger partial charge on any atom is 0.160 e. The minimum absolute atomic E-state index is 0.206. The van der Waals surface area contributed by atoms with Gasteiger partial charge in [-0.15, -0.1) is 0 Å². The van der Waals surface area contributed by atoms with E-state index in [-0.39, 0.29) is 12.4 Å². The third kappa shape index (κ3) is 5.19. The molecule has 1 aromatic heterocycles. The van der Waals surface area contributed by atoms with Gasteiger partial charge in [0.25, 0.3) is 0 Å². The molecule has 5 nitrogen and oxygen atoms in total. The maximum absolute atomic E-state index is 13.1. The molecule has 4 rings (SSSR count). The molecule has 3 aromatic rings. The Bertz CT molecular complexity index is 1340. The molecule has 0 saturated carbocycles. The van der Waals surface area contributed by atoms with Crippen molar-refractivity contribution in [3.63, 3.8) is 0 Å². The van der Waals surface area contributed by atoms with Crippen molar-refractivity contribution in [2.75, 3.05) is 5.75 Å². The van der Waals surface area contributed by atoms with Crippen LogP contribution in [0.3, 0.4) is 0 Å². The molecule has 2 heterocycles. The van der Waals surface area contributed by atoms with Gasteiger partial charge in [-0.2, -0.15) is 0 Å². The van der Waals surface area contributed by atoms with Gasteiger partial charge in [-0.3, -0.25) is 0 Å². The van der Waals surface area contributed by atoms with E-state index in [0.717, 1.165) is 41.0 Å². The van der Waals surface area contributed by atoms with Gasteiger partial charge in [-0.1, -0.05) is 58.0 Å². The Morgan fingerprint density at radius 1 is 1.03 bits per heavy atom. The van der Waals surface area contributed by atoms with Crippen LogP contribution < -0.4 is 4.74 Å². The van der Waals surface area contributed by atoms with E-state index in [0.29, 0.717) is 30.3 Å². The Labute approximate surface area is 216 Å². The molecule has 0 amide bonds. The van der Waals surface area contributed by atoms with Crippen LogP contribution in [0.25, 0.3) is 11.4 Å². The van der Waals surface area contributed by atoms with E-state index in [1.165, 1.54) is 16.7 Å². The zero-order chi connectivity index (χ0) is 26.0. The third-order valence-corrected chi connectivity index (χ3v) is 9.54. The highest BCUT2D eigenvalue weighted by Gasteiger charge is 2.36. The number of ether oxygens (including phenoxy) is 1. The molecule has 1 fully saturated rings. The van der Waals surface area contributed by atoms with Gasteiger partial charge in [0.05, 0.1) is 11.4 Å². The van der Waals surface area contributed by atoms with Gasteiger partial charge in [-0.25, -0.2) is 18.4 Å². The number of hydrogen-bond donors (Lipinski definition) is 0. The zero-order valence-corrected chi connectivity index (χ0v) is 23.2. The van der Waals surface area contributed by atoms with Crippen molar-refractivity contribution in [3.8, 4) is 17.1 Å². The maximum atomic E-state index is 13.1. The SMILES string of the molecule is CCc1cccc(CC)c1-c1nc(C)c(COc2cc(C(C)C)ccc2C)c(C2CCCS2(=O)=O)n1. The average Bonchev–Trinajstić information content (AvgIpc) is 3.21. The van der Waals surface area contributed by atoms with E-state index < -0.39 is 15.1 Å². The van der Waals surface area contributed by atoms with E-state index in [9.17, 15) is 8.42 Å². The monoisotopic (exact) mass is 506 g/mol. The van der Waals surface area contributed by atoms with Crippen LogP contribution in [0.5, 0.6) is 5.75 Å². The van der Waals surface area contributed by atoms with Crippen LogP contribution in [0.1, 0.15) is 90.9 Å². The van der Waals surface area contributed by atoms with Gasteiger partial charge >= 0.3 is 0 Å². The smallest absolute Gasteiger partial charge is 0.160 e. The quantitative estimate of drug-likeness (QED) is 0.335. The van der Waals surface area contributed by atoms with Gasteiger partial charge in [-0.05, 0) is 73.8 Å². The molecule has 0 radical (unpaired) electrons. The molecule has 1 unspecified atom stereocenters. The molecule has 1 atom stereocenters. The predicted octanol–water partition coefficient (Wildman–Crippen LogP) is 6.84. The van der Waals surface area contributed by atoms with Crippen molar-refractivity contribution >= 4 is 9.84 Å². The van der Waals surface area contributed by atoms with Crippen LogP contribution in [0.2, 0.25) is 0 Å². The Morgan fingerprint density at radius 3 is 2.31 bits per heavy atom. The summed E-state index contributed by atoms with van der Waals surface area (Å²) < 4.78 is 32.5. The zero-order valence-electron chi connectivity index (χ0n) is 22.4. The van der Waals surface area contributed by atoms with Crippen molar-refractivity contribution in [3.05, 3.63) is 75.6 Å². The third-order valence-electron chi connectivity index (χ3n) is 7.35. The van der Waals surface area contributed by atoms with Crippen molar-refractivity contribution in [2.24, 2.45) is 0 Å². The number of aryl methyl sites for hydroxylation is 4. The summed E-state index contributed by atoms with van der Waals surface area (Å²) in [7, 11) is -3.26. The van der Waals surface area contributed by atoms with E-state index in [1.54, 1.807) is 0 Å². The fraction of sp³-hybridized carbons (Fsp3) is 0.467. The molecule has 0 bridgehead atoms. The molecule has 0 N–H and O–H groups in total. The van der Waals surface area contributed by atoms with Crippen LogP contribution in [0.4, 0.5) is 0 Å². The first-order chi connectivity index (χ1) is 17.2. The lowest BCUT2D eigenvalue weighted by molar-refractivity contribution is 0.300. The molecular formula is C30H38N2O3S. The molecule has 1 saturated heterocycles. The molecule has 2 aromatic carbocycles. The fourth-order valence-electron chi connectivity index (χ4n) is 5.08. The Kier molecular flexibility index (Phi) is 7.84. The highest BCUT2D eigenvalue weighted by atomic mass is 32.2. The minimum atomic E-state index is -3.26. The molecule has 192 valence electrons. The lowest BCUT2D eigenvalue weighted by Gasteiger charge is -2.20. The first-order valence-electron chi connectivity index (χ1n) is 13.1.